The van der Waals surface area contributed by atoms with Crippen molar-refractivity contribution in [1.82, 2.24) is 15.1 Å². The van der Waals surface area contributed by atoms with E-state index in [2.05, 4.69) is 10.4 Å². The molecule has 0 amide bonds. The SMILES string of the molecule is CNC(COCC(F)(F)F)Cc1nn(C)c2ccccc12. The molecular weight excluding hydrogens is 283 g/mol. The summed E-state index contributed by atoms with van der Waals surface area (Å²) in [5.41, 5.74) is 1.85. The number of para-hydroxylation sites is 1. The van der Waals surface area contributed by atoms with Crippen molar-refractivity contribution in [1.29, 1.82) is 0 Å². The van der Waals surface area contributed by atoms with Gasteiger partial charge in [0.15, 0.2) is 0 Å². The highest BCUT2D eigenvalue weighted by Gasteiger charge is 2.28. The van der Waals surface area contributed by atoms with Crippen LogP contribution in [0.2, 0.25) is 0 Å². The van der Waals surface area contributed by atoms with Crippen molar-refractivity contribution in [2.45, 2.75) is 18.6 Å². The Kier molecular flexibility index (Phi) is 4.84. The Hall–Kier alpha value is -1.60. The molecule has 1 aromatic heterocycles. The molecule has 4 nitrogen and oxygen atoms in total. The van der Waals surface area contributed by atoms with Gasteiger partial charge in [-0.3, -0.25) is 4.68 Å². The summed E-state index contributed by atoms with van der Waals surface area (Å²) in [5, 5.41) is 8.41. The summed E-state index contributed by atoms with van der Waals surface area (Å²) < 4.78 is 42.8. The van der Waals surface area contributed by atoms with Gasteiger partial charge in [-0.2, -0.15) is 18.3 Å². The van der Waals surface area contributed by atoms with Gasteiger partial charge in [-0.25, -0.2) is 0 Å². The minimum atomic E-state index is -4.30. The van der Waals surface area contributed by atoms with Gasteiger partial charge in [-0.1, -0.05) is 18.2 Å². The fraction of sp³-hybridized carbons (Fsp3) is 0.500. The first-order chi connectivity index (χ1) is 9.90. The summed E-state index contributed by atoms with van der Waals surface area (Å²) in [6.45, 7) is -1.24. The fourth-order valence-electron chi connectivity index (χ4n) is 2.23. The van der Waals surface area contributed by atoms with Gasteiger partial charge in [0, 0.05) is 24.9 Å². The standard InChI is InChI=1S/C14H18F3N3O/c1-18-10(8-21-9-14(15,16)17)7-12-11-5-3-4-6-13(11)20(2)19-12/h3-6,10,18H,7-9H2,1-2H3. The molecule has 0 saturated carbocycles. The van der Waals surface area contributed by atoms with E-state index in [-0.39, 0.29) is 12.6 Å². The average Bonchev–Trinajstić information content (AvgIpc) is 2.74. The van der Waals surface area contributed by atoms with Crippen LogP contribution in [0.15, 0.2) is 24.3 Å². The van der Waals surface area contributed by atoms with E-state index in [0.29, 0.717) is 6.42 Å². The quantitative estimate of drug-likeness (QED) is 0.890. The zero-order chi connectivity index (χ0) is 15.5. The molecule has 1 N–H and O–H groups in total. The third kappa shape index (κ3) is 4.18. The molecule has 0 fully saturated rings. The zero-order valence-electron chi connectivity index (χ0n) is 11.9. The van der Waals surface area contributed by atoms with Crippen LogP contribution in [0.25, 0.3) is 10.9 Å². The van der Waals surface area contributed by atoms with Crippen molar-refractivity contribution < 1.29 is 17.9 Å². The number of nitrogens with one attached hydrogen (secondary N) is 1. The molecule has 0 aliphatic heterocycles. The molecule has 116 valence electrons. The van der Waals surface area contributed by atoms with Crippen molar-refractivity contribution >= 4 is 10.9 Å². The molecule has 7 heteroatoms. The molecule has 0 spiro atoms. The molecule has 1 aromatic carbocycles. The number of nitrogens with zero attached hydrogens (tertiary/aromatic N) is 2. The lowest BCUT2D eigenvalue weighted by atomic mass is 10.1. The highest BCUT2D eigenvalue weighted by molar-refractivity contribution is 5.81. The Morgan fingerprint density at radius 3 is 2.71 bits per heavy atom. The first-order valence-corrected chi connectivity index (χ1v) is 6.63. The number of rotatable bonds is 6. The topological polar surface area (TPSA) is 39.1 Å². The van der Waals surface area contributed by atoms with Crippen LogP contribution in [0.4, 0.5) is 13.2 Å². The van der Waals surface area contributed by atoms with Crippen LogP contribution in [-0.2, 0) is 18.2 Å². The molecule has 2 rings (SSSR count). The van der Waals surface area contributed by atoms with Crippen LogP contribution in [0.1, 0.15) is 5.69 Å². The minimum Gasteiger partial charge on any atom is -0.370 e. The predicted molar refractivity (Wildman–Crippen MR) is 74.1 cm³/mol. The van der Waals surface area contributed by atoms with Gasteiger partial charge < -0.3 is 10.1 Å². The highest BCUT2D eigenvalue weighted by atomic mass is 19.4. The number of aryl methyl sites for hydroxylation is 1. The Balaban J connectivity index is 2.03. The highest BCUT2D eigenvalue weighted by Crippen LogP contribution is 2.19. The number of hydrogen-bond donors (Lipinski definition) is 1. The summed E-state index contributed by atoms with van der Waals surface area (Å²) >= 11 is 0. The van der Waals surface area contributed by atoms with Gasteiger partial charge in [-0.15, -0.1) is 0 Å². The number of halogens is 3. The lowest BCUT2D eigenvalue weighted by Gasteiger charge is -2.16. The van der Waals surface area contributed by atoms with Crippen molar-refractivity contribution in [3.8, 4) is 0 Å². The Labute approximate surface area is 120 Å². The largest absolute Gasteiger partial charge is 0.411 e. The number of alkyl halides is 3. The lowest BCUT2D eigenvalue weighted by molar-refractivity contribution is -0.175. The van der Waals surface area contributed by atoms with Gasteiger partial charge >= 0.3 is 6.18 Å². The molecular formula is C14H18F3N3O. The van der Waals surface area contributed by atoms with Crippen LogP contribution in [0.3, 0.4) is 0 Å². The van der Waals surface area contributed by atoms with Crippen LogP contribution in [0.5, 0.6) is 0 Å². The molecule has 0 bridgehead atoms. The second-order valence-corrected chi connectivity index (χ2v) is 4.91. The molecule has 0 radical (unpaired) electrons. The summed E-state index contributed by atoms with van der Waals surface area (Å²) in [5.74, 6) is 0. The van der Waals surface area contributed by atoms with Crippen LogP contribution < -0.4 is 5.32 Å². The van der Waals surface area contributed by atoms with Crippen LogP contribution >= 0.6 is 0 Å². The van der Waals surface area contributed by atoms with E-state index >= 15 is 0 Å². The monoisotopic (exact) mass is 301 g/mol. The molecule has 1 atom stereocenters. The number of fused-ring (bicyclic) bond motifs is 1. The van der Waals surface area contributed by atoms with Crippen molar-refractivity contribution in [3.63, 3.8) is 0 Å². The summed E-state index contributed by atoms with van der Waals surface area (Å²) in [4.78, 5) is 0. The predicted octanol–water partition coefficient (Wildman–Crippen LogP) is 2.28. The Morgan fingerprint density at radius 1 is 1.33 bits per heavy atom. The van der Waals surface area contributed by atoms with Crippen molar-refractivity contribution in [2.75, 3.05) is 20.3 Å². The fourth-order valence-corrected chi connectivity index (χ4v) is 2.23. The Morgan fingerprint density at radius 2 is 2.05 bits per heavy atom. The molecule has 0 aliphatic carbocycles. The van der Waals surface area contributed by atoms with E-state index in [0.717, 1.165) is 16.6 Å². The first kappa shape index (κ1) is 15.8. The maximum atomic E-state index is 12.1. The van der Waals surface area contributed by atoms with Crippen molar-refractivity contribution in [3.05, 3.63) is 30.0 Å². The normalized spacial score (nSPS) is 13.8. The van der Waals surface area contributed by atoms with Crippen LogP contribution in [-0.4, -0.2) is 42.3 Å². The maximum Gasteiger partial charge on any atom is 0.411 e. The molecule has 0 saturated heterocycles. The third-order valence-electron chi connectivity index (χ3n) is 3.27. The maximum absolute atomic E-state index is 12.1. The van der Waals surface area contributed by atoms with E-state index in [1.165, 1.54) is 0 Å². The number of aromatic nitrogens is 2. The van der Waals surface area contributed by atoms with E-state index in [1.807, 2.05) is 31.3 Å². The van der Waals surface area contributed by atoms with Crippen molar-refractivity contribution in [2.24, 2.45) is 7.05 Å². The number of benzene rings is 1. The smallest absolute Gasteiger partial charge is 0.370 e. The summed E-state index contributed by atoms with van der Waals surface area (Å²) in [7, 11) is 3.55. The first-order valence-electron chi connectivity index (χ1n) is 6.63. The lowest BCUT2D eigenvalue weighted by Crippen LogP contribution is -2.34. The third-order valence-corrected chi connectivity index (χ3v) is 3.27. The average molecular weight is 301 g/mol. The number of hydrogen-bond acceptors (Lipinski definition) is 3. The van der Waals surface area contributed by atoms with E-state index < -0.39 is 12.8 Å². The molecule has 1 unspecified atom stereocenters. The summed E-state index contributed by atoms with van der Waals surface area (Å²) in [6, 6.07) is 7.55. The Bertz CT molecular complexity index is 595. The molecule has 2 aromatic rings. The summed E-state index contributed by atoms with van der Waals surface area (Å²) in [6.07, 6.45) is -3.79. The molecule has 21 heavy (non-hydrogen) atoms. The zero-order valence-corrected chi connectivity index (χ0v) is 11.9. The number of likely N-dealkylation sites (N-methyl/N-ethyl adjacent to an activating group) is 1. The van der Waals surface area contributed by atoms with Crippen LogP contribution in [0, 0.1) is 0 Å². The van der Waals surface area contributed by atoms with Gasteiger partial charge in [0.05, 0.1) is 17.8 Å². The van der Waals surface area contributed by atoms with Gasteiger partial charge in [-0.05, 0) is 13.1 Å². The molecule has 0 aliphatic rings. The van der Waals surface area contributed by atoms with Gasteiger partial charge in [0.25, 0.3) is 0 Å². The molecule has 1 heterocycles. The van der Waals surface area contributed by atoms with Gasteiger partial charge in [0.1, 0.15) is 6.61 Å². The number of ether oxygens (including phenoxy) is 1. The second-order valence-electron chi connectivity index (χ2n) is 4.91. The van der Waals surface area contributed by atoms with E-state index in [4.69, 9.17) is 4.74 Å². The van der Waals surface area contributed by atoms with Gasteiger partial charge in [0.2, 0.25) is 0 Å². The van der Waals surface area contributed by atoms with E-state index in [9.17, 15) is 13.2 Å². The minimum absolute atomic E-state index is 0.0130. The second kappa shape index (κ2) is 6.44. The van der Waals surface area contributed by atoms with E-state index in [1.54, 1.807) is 11.7 Å².